The summed E-state index contributed by atoms with van der Waals surface area (Å²) in [5, 5.41) is 13.5. The van der Waals surface area contributed by atoms with Crippen LogP contribution in [-0.2, 0) is 0 Å². The number of benzene rings is 1. The molecule has 0 unspecified atom stereocenters. The van der Waals surface area contributed by atoms with Gasteiger partial charge in [0.05, 0.1) is 11.3 Å². The Morgan fingerprint density at radius 3 is 2.74 bits per heavy atom. The van der Waals surface area contributed by atoms with Crippen LogP contribution in [0, 0.1) is 17.7 Å². The predicted octanol–water partition coefficient (Wildman–Crippen LogP) is 2.06. The number of hydrogen-bond acceptors (Lipinski definition) is 2. The van der Waals surface area contributed by atoms with Crippen molar-refractivity contribution in [3.8, 4) is 11.8 Å². The minimum absolute atomic E-state index is 0.0796. The molecule has 2 amide bonds. The van der Waals surface area contributed by atoms with Crippen LogP contribution >= 0.6 is 0 Å². The lowest BCUT2D eigenvalue weighted by atomic mass is 10.2. The molecule has 100 valence electrons. The molecule has 0 aromatic heterocycles. The summed E-state index contributed by atoms with van der Waals surface area (Å²) in [5.74, 6) is 3.42. The summed E-state index contributed by atoms with van der Waals surface area (Å²) in [6, 6.07) is 2.69. The Balaban J connectivity index is 2.58. The lowest BCUT2D eigenvalue weighted by Crippen LogP contribution is -2.29. The van der Waals surface area contributed by atoms with Crippen molar-refractivity contribution in [1.29, 1.82) is 0 Å². The molecule has 0 bridgehead atoms. The molecule has 1 aromatic carbocycles. The Labute approximate surface area is 109 Å². The van der Waals surface area contributed by atoms with Crippen molar-refractivity contribution in [2.45, 2.75) is 13.3 Å². The van der Waals surface area contributed by atoms with E-state index in [-0.39, 0.29) is 11.3 Å². The second-order valence-corrected chi connectivity index (χ2v) is 3.56. The topological polar surface area (TPSA) is 78.4 Å². The third-order valence-electron chi connectivity index (χ3n) is 2.18. The minimum Gasteiger partial charge on any atom is -0.478 e. The average molecular weight is 264 g/mol. The first-order valence-electron chi connectivity index (χ1n) is 5.52. The van der Waals surface area contributed by atoms with Gasteiger partial charge >= 0.3 is 12.0 Å². The highest BCUT2D eigenvalue weighted by atomic mass is 19.1. The first kappa shape index (κ1) is 14.5. The van der Waals surface area contributed by atoms with Crippen LogP contribution in [0.5, 0.6) is 0 Å². The van der Waals surface area contributed by atoms with Crippen LogP contribution in [0.15, 0.2) is 18.2 Å². The number of hydrogen-bond donors (Lipinski definition) is 3. The number of nitrogens with one attached hydrogen (secondary N) is 2. The third-order valence-corrected chi connectivity index (χ3v) is 2.18. The van der Waals surface area contributed by atoms with Gasteiger partial charge in [-0.3, -0.25) is 0 Å². The number of amides is 2. The Morgan fingerprint density at radius 1 is 1.42 bits per heavy atom. The Morgan fingerprint density at radius 2 is 2.16 bits per heavy atom. The fourth-order valence-electron chi connectivity index (χ4n) is 1.28. The number of carboxylic acid groups (broad SMARTS) is 1. The number of carboxylic acids is 1. The zero-order chi connectivity index (χ0) is 14.3. The van der Waals surface area contributed by atoms with Gasteiger partial charge in [-0.1, -0.05) is 0 Å². The molecule has 0 saturated carbocycles. The molecule has 0 aliphatic heterocycles. The molecule has 0 aliphatic carbocycles. The largest absolute Gasteiger partial charge is 0.478 e. The lowest BCUT2D eigenvalue weighted by molar-refractivity contribution is 0.0696. The lowest BCUT2D eigenvalue weighted by Gasteiger charge is -2.07. The van der Waals surface area contributed by atoms with Gasteiger partial charge in [-0.05, 0) is 25.1 Å². The fraction of sp³-hybridized carbons (Fsp3) is 0.231. The molecule has 0 saturated heterocycles. The Kier molecular flexibility index (Phi) is 5.35. The first-order chi connectivity index (χ1) is 9.04. The van der Waals surface area contributed by atoms with Gasteiger partial charge in [-0.15, -0.1) is 11.8 Å². The highest BCUT2D eigenvalue weighted by Crippen LogP contribution is 2.15. The first-order valence-corrected chi connectivity index (χ1v) is 5.52. The number of aromatic carboxylic acids is 1. The van der Waals surface area contributed by atoms with E-state index in [1.807, 2.05) is 0 Å². The van der Waals surface area contributed by atoms with Gasteiger partial charge in [0.2, 0.25) is 0 Å². The normalized spacial score (nSPS) is 9.16. The molecule has 6 heteroatoms. The van der Waals surface area contributed by atoms with Crippen LogP contribution in [0.1, 0.15) is 23.7 Å². The number of carbonyl (C=O) groups is 2. The van der Waals surface area contributed by atoms with Crippen molar-refractivity contribution < 1.29 is 19.1 Å². The molecule has 0 fully saturated rings. The van der Waals surface area contributed by atoms with Gasteiger partial charge < -0.3 is 15.7 Å². The summed E-state index contributed by atoms with van der Waals surface area (Å²) >= 11 is 0. The molecular weight excluding hydrogens is 251 g/mol. The highest BCUT2D eigenvalue weighted by Gasteiger charge is 2.10. The van der Waals surface area contributed by atoms with Crippen molar-refractivity contribution in [1.82, 2.24) is 5.32 Å². The molecule has 19 heavy (non-hydrogen) atoms. The fourth-order valence-corrected chi connectivity index (χ4v) is 1.28. The van der Waals surface area contributed by atoms with Crippen LogP contribution in [0.25, 0.3) is 0 Å². The molecule has 1 rings (SSSR count). The summed E-state index contributed by atoms with van der Waals surface area (Å²) in [7, 11) is 0. The standard InChI is InChI=1S/C13H13FN2O3/c1-2-3-4-7-15-13(19)16-11-6-5-9(12(17)18)8-10(11)14/h5-6,8H,4,7H2,1H3,(H,17,18)(H2,15,16,19). The van der Waals surface area contributed by atoms with E-state index in [9.17, 15) is 14.0 Å². The maximum atomic E-state index is 13.5. The maximum absolute atomic E-state index is 13.5. The van der Waals surface area contributed by atoms with Gasteiger partial charge in [0, 0.05) is 13.0 Å². The van der Waals surface area contributed by atoms with Crippen molar-refractivity contribution >= 4 is 17.7 Å². The SMILES string of the molecule is CC#CCCNC(=O)Nc1ccc(C(=O)O)cc1F. The molecule has 0 radical (unpaired) electrons. The maximum Gasteiger partial charge on any atom is 0.335 e. The Bertz CT molecular complexity index is 547. The summed E-state index contributed by atoms with van der Waals surface area (Å²) in [6.45, 7) is 2.04. The molecule has 3 N–H and O–H groups in total. The van der Waals surface area contributed by atoms with E-state index in [1.165, 1.54) is 12.1 Å². The molecule has 5 nitrogen and oxygen atoms in total. The summed E-state index contributed by atoms with van der Waals surface area (Å²) in [6.07, 6.45) is 0.504. The molecule has 0 spiro atoms. The van der Waals surface area contributed by atoms with Crippen molar-refractivity contribution in [3.05, 3.63) is 29.6 Å². The molecular formula is C13H13FN2O3. The predicted molar refractivity (Wildman–Crippen MR) is 68.4 cm³/mol. The number of carbonyl (C=O) groups excluding carboxylic acids is 1. The van der Waals surface area contributed by atoms with E-state index in [0.29, 0.717) is 13.0 Å². The Hall–Kier alpha value is -2.55. The van der Waals surface area contributed by atoms with Crippen LogP contribution in [0.2, 0.25) is 0 Å². The van der Waals surface area contributed by atoms with Crippen LogP contribution in [0.3, 0.4) is 0 Å². The van der Waals surface area contributed by atoms with Crippen molar-refractivity contribution in [2.75, 3.05) is 11.9 Å². The van der Waals surface area contributed by atoms with E-state index >= 15 is 0 Å². The van der Waals surface area contributed by atoms with Gasteiger partial charge in [0.1, 0.15) is 5.82 Å². The zero-order valence-electron chi connectivity index (χ0n) is 10.3. The summed E-state index contributed by atoms with van der Waals surface area (Å²) < 4.78 is 13.5. The second-order valence-electron chi connectivity index (χ2n) is 3.56. The van der Waals surface area contributed by atoms with E-state index in [2.05, 4.69) is 22.5 Å². The number of urea groups is 1. The monoisotopic (exact) mass is 264 g/mol. The number of halogens is 1. The van der Waals surface area contributed by atoms with E-state index < -0.39 is 17.8 Å². The smallest absolute Gasteiger partial charge is 0.335 e. The summed E-state index contributed by atoms with van der Waals surface area (Å²) in [4.78, 5) is 22.0. The van der Waals surface area contributed by atoms with Gasteiger partial charge in [-0.2, -0.15) is 0 Å². The quantitative estimate of drug-likeness (QED) is 0.575. The minimum atomic E-state index is -1.23. The average Bonchev–Trinajstić information content (AvgIpc) is 2.37. The van der Waals surface area contributed by atoms with Crippen LogP contribution in [-0.4, -0.2) is 23.7 Å². The molecule has 1 aromatic rings. The highest BCUT2D eigenvalue weighted by molar-refractivity contribution is 5.91. The van der Waals surface area contributed by atoms with E-state index in [4.69, 9.17) is 5.11 Å². The van der Waals surface area contributed by atoms with Crippen molar-refractivity contribution in [2.24, 2.45) is 0 Å². The zero-order valence-corrected chi connectivity index (χ0v) is 10.3. The van der Waals surface area contributed by atoms with Crippen LogP contribution < -0.4 is 10.6 Å². The van der Waals surface area contributed by atoms with Gasteiger partial charge in [0.25, 0.3) is 0 Å². The number of anilines is 1. The second kappa shape index (κ2) is 7.01. The molecule has 0 aliphatic rings. The van der Waals surface area contributed by atoms with Crippen LogP contribution in [0.4, 0.5) is 14.9 Å². The van der Waals surface area contributed by atoms with Gasteiger partial charge in [-0.25, -0.2) is 14.0 Å². The molecule has 0 atom stereocenters. The molecule has 0 heterocycles. The third kappa shape index (κ3) is 4.68. The van der Waals surface area contributed by atoms with E-state index in [0.717, 1.165) is 6.07 Å². The summed E-state index contributed by atoms with van der Waals surface area (Å²) in [5.41, 5.74) is -0.259. The number of rotatable bonds is 4. The van der Waals surface area contributed by atoms with Gasteiger partial charge in [0.15, 0.2) is 0 Å². The van der Waals surface area contributed by atoms with Crippen molar-refractivity contribution in [3.63, 3.8) is 0 Å². The van der Waals surface area contributed by atoms with E-state index in [1.54, 1.807) is 6.92 Å².